The summed E-state index contributed by atoms with van der Waals surface area (Å²) < 4.78 is 4.88. The van der Waals surface area contributed by atoms with Crippen LogP contribution in [0.1, 0.15) is 24.9 Å². The van der Waals surface area contributed by atoms with Gasteiger partial charge in [0.25, 0.3) is 0 Å². The van der Waals surface area contributed by atoms with Gasteiger partial charge in [0.15, 0.2) is 5.13 Å². The molecular formula is C17H18N4O3S. The molecule has 2 N–H and O–H groups in total. The lowest BCUT2D eigenvalue weighted by molar-refractivity contribution is -0.142. The Bertz CT molecular complexity index is 854. The predicted octanol–water partition coefficient (Wildman–Crippen LogP) is 2.70. The van der Waals surface area contributed by atoms with Crippen molar-refractivity contribution in [1.29, 1.82) is 0 Å². The summed E-state index contributed by atoms with van der Waals surface area (Å²) in [4.78, 5) is 35.3. The number of carbonyl (C=O) groups is 2. The average Bonchev–Trinajstić information content (AvgIpc) is 3.19. The molecule has 130 valence electrons. The number of nitrogens with zero attached hydrogens (tertiary/aromatic N) is 2. The van der Waals surface area contributed by atoms with Crippen molar-refractivity contribution in [3.8, 4) is 0 Å². The number of H-pyrrole nitrogens is 1. The first-order valence-corrected chi connectivity index (χ1v) is 8.85. The Kier molecular flexibility index (Phi) is 5.39. The van der Waals surface area contributed by atoms with Crippen LogP contribution in [0.4, 0.5) is 5.13 Å². The van der Waals surface area contributed by atoms with Gasteiger partial charge >= 0.3 is 5.97 Å². The van der Waals surface area contributed by atoms with E-state index in [1.807, 2.05) is 24.3 Å². The fraction of sp³-hybridized carbons (Fsp3) is 0.294. The molecule has 8 heteroatoms. The number of para-hydroxylation sites is 2. The first kappa shape index (κ1) is 17.1. The minimum Gasteiger partial charge on any atom is -0.466 e. The predicted molar refractivity (Wildman–Crippen MR) is 95.5 cm³/mol. The second kappa shape index (κ2) is 7.89. The van der Waals surface area contributed by atoms with Crippen molar-refractivity contribution in [3.63, 3.8) is 0 Å². The lowest BCUT2D eigenvalue weighted by atomic mass is 10.3. The molecule has 0 aliphatic heterocycles. The molecule has 3 rings (SSSR count). The van der Waals surface area contributed by atoms with Crippen molar-refractivity contribution in [3.05, 3.63) is 41.2 Å². The van der Waals surface area contributed by atoms with Gasteiger partial charge in [0.05, 0.1) is 29.8 Å². The smallest absolute Gasteiger partial charge is 0.311 e. The average molecular weight is 358 g/mol. The van der Waals surface area contributed by atoms with E-state index in [1.54, 1.807) is 12.3 Å². The number of aryl methyl sites for hydroxylation is 1. The summed E-state index contributed by atoms with van der Waals surface area (Å²) in [7, 11) is 0. The maximum absolute atomic E-state index is 12.1. The number of imidazole rings is 1. The van der Waals surface area contributed by atoms with Crippen LogP contribution in [-0.4, -0.2) is 33.4 Å². The Morgan fingerprint density at radius 2 is 2.12 bits per heavy atom. The monoisotopic (exact) mass is 358 g/mol. The van der Waals surface area contributed by atoms with Gasteiger partial charge in [0, 0.05) is 18.2 Å². The van der Waals surface area contributed by atoms with Crippen molar-refractivity contribution in [2.75, 3.05) is 11.9 Å². The van der Waals surface area contributed by atoms with Gasteiger partial charge in [-0.25, -0.2) is 9.97 Å². The quantitative estimate of drug-likeness (QED) is 0.633. The Morgan fingerprint density at radius 1 is 1.28 bits per heavy atom. The largest absolute Gasteiger partial charge is 0.466 e. The number of aromatic amines is 1. The van der Waals surface area contributed by atoms with E-state index in [-0.39, 0.29) is 18.3 Å². The summed E-state index contributed by atoms with van der Waals surface area (Å²) in [6.07, 6.45) is 0.924. The molecule has 3 aromatic rings. The number of thiazole rings is 1. The third-order valence-electron chi connectivity index (χ3n) is 3.46. The van der Waals surface area contributed by atoms with Crippen LogP contribution in [-0.2, 0) is 27.2 Å². The highest BCUT2D eigenvalue weighted by atomic mass is 32.1. The first-order chi connectivity index (χ1) is 12.1. The minimum absolute atomic E-state index is 0.110. The number of esters is 1. The van der Waals surface area contributed by atoms with E-state index in [1.165, 1.54) is 11.3 Å². The van der Waals surface area contributed by atoms with E-state index < -0.39 is 0 Å². The lowest BCUT2D eigenvalue weighted by Gasteiger charge is -2.00. The second-order valence-electron chi connectivity index (χ2n) is 5.37. The number of aromatic nitrogens is 3. The highest BCUT2D eigenvalue weighted by Crippen LogP contribution is 2.17. The summed E-state index contributed by atoms with van der Waals surface area (Å²) in [5.41, 5.74) is 2.44. The van der Waals surface area contributed by atoms with Crippen LogP contribution in [0.5, 0.6) is 0 Å². The molecule has 25 heavy (non-hydrogen) atoms. The molecule has 0 fully saturated rings. The number of ether oxygens (including phenoxy) is 1. The maximum atomic E-state index is 12.1. The van der Waals surface area contributed by atoms with Crippen LogP contribution >= 0.6 is 11.3 Å². The number of carbonyl (C=O) groups excluding carboxylic acids is 2. The minimum atomic E-state index is -0.324. The van der Waals surface area contributed by atoms with Gasteiger partial charge in [-0.05, 0) is 19.1 Å². The van der Waals surface area contributed by atoms with Gasteiger partial charge in [0.2, 0.25) is 5.91 Å². The van der Waals surface area contributed by atoms with Crippen LogP contribution < -0.4 is 5.32 Å². The zero-order valence-electron chi connectivity index (χ0n) is 13.7. The molecule has 0 spiro atoms. The fourth-order valence-corrected chi connectivity index (χ4v) is 3.07. The highest BCUT2D eigenvalue weighted by Gasteiger charge is 2.11. The van der Waals surface area contributed by atoms with E-state index in [9.17, 15) is 9.59 Å². The number of nitrogens with one attached hydrogen (secondary N) is 2. The molecule has 0 saturated carbocycles. The third-order valence-corrected chi connectivity index (χ3v) is 4.26. The van der Waals surface area contributed by atoms with Crippen molar-refractivity contribution < 1.29 is 14.3 Å². The van der Waals surface area contributed by atoms with Gasteiger partial charge in [-0.1, -0.05) is 12.1 Å². The second-order valence-corrected chi connectivity index (χ2v) is 6.23. The molecule has 0 saturated heterocycles. The molecule has 0 atom stereocenters. The molecule has 2 aromatic heterocycles. The molecule has 0 aliphatic carbocycles. The van der Waals surface area contributed by atoms with Crippen LogP contribution in [0, 0.1) is 0 Å². The molecule has 1 aromatic carbocycles. The van der Waals surface area contributed by atoms with E-state index in [0.29, 0.717) is 30.3 Å². The number of amides is 1. The molecule has 7 nitrogen and oxygen atoms in total. The fourth-order valence-electron chi connectivity index (χ4n) is 2.34. The van der Waals surface area contributed by atoms with E-state index in [0.717, 1.165) is 16.9 Å². The SMILES string of the molecule is CCOC(=O)Cc1csc(NC(=O)CCc2nc3ccccc3[nH]2)n1. The standard InChI is InChI=1S/C17H18N4O3S/c1-2-24-16(23)9-11-10-25-17(18-11)21-15(22)8-7-14-19-12-5-3-4-6-13(12)20-14/h3-6,10H,2,7-9H2,1H3,(H,19,20)(H,18,21,22). The molecule has 2 heterocycles. The Labute approximate surface area is 148 Å². The number of benzene rings is 1. The number of rotatable bonds is 7. The van der Waals surface area contributed by atoms with Crippen LogP contribution in [0.3, 0.4) is 0 Å². The zero-order valence-corrected chi connectivity index (χ0v) is 14.6. The highest BCUT2D eigenvalue weighted by molar-refractivity contribution is 7.13. The molecule has 0 aliphatic rings. The normalized spacial score (nSPS) is 10.8. The molecule has 0 unspecified atom stereocenters. The van der Waals surface area contributed by atoms with Crippen molar-refractivity contribution in [2.24, 2.45) is 0 Å². The van der Waals surface area contributed by atoms with Crippen molar-refractivity contribution >= 4 is 39.4 Å². The first-order valence-electron chi connectivity index (χ1n) is 7.97. The number of hydrogen-bond donors (Lipinski definition) is 2. The van der Waals surface area contributed by atoms with Gasteiger partial charge in [0.1, 0.15) is 5.82 Å². The van der Waals surface area contributed by atoms with E-state index in [2.05, 4.69) is 20.3 Å². The van der Waals surface area contributed by atoms with Crippen LogP contribution in [0.25, 0.3) is 11.0 Å². The van der Waals surface area contributed by atoms with Gasteiger partial charge in [-0.2, -0.15) is 0 Å². The number of hydrogen-bond acceptors (Lipinski definition) is 6. The summed E-state index contributed by atoms with van der Waals surface area (Å²) in [5, 5.41) is 4.97. The van der Waals surface area contributed by atoms with E-state index in [4.69, 9.17) is 4.74 Å². The van der Waals surface area contributed by atoms with Gasteiger partial charge in [-0.3, -0.25) is 9.59 Å². The van der Waals surface area contributed by atoms with Crippen LogP contribution in [0.2, 0.25) is 0 Å². The zero-order chi connectivity index (χ0) is 17.6. The third kappa shape index (κ3) is 4.63. The lowest BCUT2D eigenvalue weighted by Crippen LogP contribution is -2.13. The molecule has 0 bridgehead atoms. The van der Waals surface area contributed by atoms with Crippen molar-refractivity contribution in [1.82, 2.24) is 15.0 Å². The summed E-state index contributed by atoms with van der Waals surface area (Å²) >= 11 is 1.29. The molecule has 0 radical (unpaired) electrons. The summed E-state index contributed by atoms with van der Waals surface area (Å²) in [6.45, 7) is 2.10. The Morgan fingerprint density at radius 3 is 2.92 bits per heavy atom. The van der Waals surface area contributed by atoms with Crippen molar-refractivity contribution in [2.45, 2.75) is 26.2 Å². The van der Waals surface area contributed by atoms with Crippen LogP contribution in [0.15, 0.2) is 29.6 Å². The number of anilines is 1. The van der Waals surface area contributed by atoms with Gasteiger partial charge < -0.3 is 15.0 Å². The number of fused-ring (bicyclic) bond motifs is 1. The van der Waals surface area contributed by atoms with E-state index >= 15 is 0 Å². The maximum Gasteiger partial charge on any atom is 0.311 e. The summed E-state index contributed by atoms with van der Waals surface area (Å²) in [5.74, 6) is 0.312. The summed E-state index contributed by atoms with van der Waals surface area (Å²) in [6, 6.07) is 7.74. The molecule has 1 amide bonds. The molecular weight excluding hydrogens is 340 g/mol. The topological polar surface area (TPSA) is 97.0 Å². The van der Waals surface area contributed by atoms with Gasteiger partial charge in [-0.15, -0.1) is 11.3 Å². The Balaban J connectivity index is 1.50. The Hall–Kier alpha value is -2.74.